The molecule has 1 aliphatic heterocycles. The Kier molecular flexibility index (Phi) is 4.54. The average Bonchev–Trinajstić information content (AvgIpc) is 2.93. The SMILES string of the molecule is C#Cc1cccc(NC(=O)N2CCOC[C@@H]2c2c(C)n[nH]c2C)c1. The number of hydrogen-bond donors (Lipinski definition) is 2. The van der Waals surface area contributed by atoms with Crippen LogP contribution in [0.1, 0.15) is 28.6 Å². The molecule has 2 amide bonds. The number of carbonyl (C=O) groups is 1. The Hall–Kier alpha value is -2.78. The fraction of sp³-hybridized carbons (Fsp3) is 0.333. The highest BCUT2D eigenvalue weighted by molar-refractivity contribution is 5.90. The number of anilines is 1. The number of amides is 2. The molecular formula is C18H20N4O2. The predicted molar refractivity (Wildman–Crippen MR) is 91.7 cm³/mol. The van der Waals surface area contributed by atoms with Gasteiger partial charge in [0.2, 0.25) is 0 Å². The number of nitrogens with zero attached hydrogens (tertiary/aromatic N) is 2. The molecular weight excluding hydrogens is 304 g/mol. The van der Waals surface area contributed by atoms with E-state index in [-0.39, 0.29) is 12.1 Å². The standard InChI is InChI=1S/C18H20N4O2/c1-4-14-6-5-7-15(10-14)19-18(23)22-8-9-24-11-16(22)17-12(2)20-21-13(17)3/h1,5-7,10,16H,8-9,11H2,2-3H3,(H,19,23)(H,20,21)/t16-/m1/s1. The Balaban J connectivity index is 1.82. The highest BCUT2D eigenvalue weighted by atomic mass is 16.5. The second-order valence-corrected chi connectivity index (χ2v) is 5.79. The summed E-state index contributed by atoms with van der Waals surface area (Å²) < 4.78 is 5.59. The van der Waals surface area contributed by atoms with Crippen molar-refractivity contribution >= 4 is 11.7 Å². The van der Waals surface area contributed by atoms with Crippen LogP contribution in [0.3, 0.4) is 0 Å². The monoisotopic (exact) mass is 324 g/mol. The number of terminal acetylenes is 1. The summed E-state index contributed by atoms with van der Waals surface area (Å²) in [6, 6.07) is 6.92. The first kappa shape index (κ1) is 16.1. The Bertz CT molecular complexity index is 771. The lowest BCUT2D eigenvalue weighted by Gasteiger charge is -2.36. The van der Waals surface area contributed by atoms with Crippen LogP contribution in [0.4, 0.5) is 10.5 Å². The van der Waals surface area contributed by atoms with Gasteiger partial charge in [0.15, 0.2) is 0 Å². The number of carbonyl (C=O) groups excluding carboxylic acids is 1. The number of nitrogens with one attached hydrogen (secondary N) is 2. The molecule has 0 radical (unpaired) electrons. The smallest absolute Gasteiger partial charge is 0.322 e. The maximum absolute atomic E-state index is 12.8. The van der Waals surface area contributed by atoms with E-state index in [1.807, 2.05) is 32.0 Å². The fourth-order valence-electron chi connectivity index (χ4n) is 3.02. The summed E-state index contributed by atoms with van der Waals surface area (Å²) in [5, 5.41) is 10.1. The fourth-order valence-corrected chi connectivity index (χ4v) is 3.02. The molecule has 1 atom stereocenters. The number of urea groups is 1. The molecule has 1 fully saturated rings. The first-order valence-electron chi connectivity index (χ1n) is 7.83. The van der Waals surface area contributed by atoms with Gasteiger partial charge in [-0.1, -0.05) is 12.0 Å². The van der Waals surface area contributed by atoms with Gasteiger partial charge in [0.1, 0.15) is 0 Å². The zero-order chi connectivity index (χ0) is 17.1. The molecule has 6 nitrogen and oxygen atoms in total. The molecule has 1 aromatic heterocycles. The van der Waals surface area contributed by atoms with Gasteiger partial charge in [-0.2, -0.15) is 5.10 Å². The Morgan fingerprint density at radius 3 is 3.04 bits per heavy atom. The molecule has 0 aliphatic carbocycles. The Morgan fingerprint density at radius 2 is 2.33 bits per heavy atom. The van der Waals surface area contributed by atoms with E-state index in [1.54, 1.807) is 11.0 Å². The normalized spacial score (nSPS) is 17.4. The van der Waals surface area contributed by atoms with Crippen molar-refractivity contribution in [1.29, 1.82) is 0 Å². The van der Waals surface area contributed by atoms with Gasteiger partial charge >= 0.3 is 6.03 Å². The van der Waals surface area contributed by atoms with Crippen LogP contribution in [0.5, 0.6) is 0 Å². The lowest BCUT2D eigenvalue weighted by Crippen LogP contribution is -2.45. The van der Waals surface area contributed by atoms with Crippen molar-refractivity contribution in [2.45, 2.75) is 19.9 Å². The maximum Gasteiger partial charge on any atom is 0.322 e. The van der Waals surface area contributed by atoms with Crippen molar-refractivity contribution in [3.8, 4) is 12.3 Å². The van der Waals surface area contributed by atoms with E-state index in [0.717, 1.165) is 22.5 Å². The van der Waals surface area contributed by atoms with E-state index >= 15 is 0 Å². The second kappa shape index (κ2) is 6.77. The van der Waals surface area contributed by atoms with Crippen LogP contribution in [0, 0.1) is 26.2 Å². The number of benzene rings is 1. The summed E-state index contributed by atoms with van der Waals surface area (Å²) in [5.41, 5.74) is 4.27. The van der Waals surface area contributed by atoms with Crippen LogP contribution < -0.4 is 5.32 Å². The topological polar surface area (TPSA) is 70.2 Å². The van der Waals surface area contributed by atoms with E-state index in [4.69, 9.17) is 11.2 Å². The minimum Gasteiger partial charge on any atom is -0.377 e. The summed E-state index contributed by atoms with van der Waals surface area (Å²) in [4.78, 5) is 14.6. The summed E-state index contributed by atoms with van der Waals surface area (Å²) in [5.74, 6) is 2.57. The number of ether oxygens (including phenoxy) is 1. The molecule has 1 aromatic carbocycles. The number of aryl methyl sites for hydroxylation is 2. The first-order chi connectivity index (χ1) is 11.6. The third-order valence-electron chi connectivity index (χ3n) is 4.19. The zero-order valence-electron chi connectivity index (χ0n) is 13.8. The van der Waals surface area contributed by atoms with Crippen LogP contribution in [0.15, 0.2) is 24.3 Å². The van der Waals surface area contributed by atoms with Crippen molar-refractivity contribution < 1.29 is 9.53 Å². The zero-order valence-corrected chi connectivity index (χ0v) is 13.8. The van der Waals surface area contributed by atoms with Crippen molar-refractivity contribution in [3.63, 3.8) is 0 Å². The number of hydrogen-bond acceptors (Lipinski definition) is 3. The predicted octanol–water partition coefficient (Wildman–Crippen LogP) is 2.61. The third-order valence-corrected chi connectivity index (χ3v) is 4.19. The average molecular weight is 324 g/mol. The van der Waals surface area contributed by atoms with Crippen LogP contribution in [-0.2, 0) is 4.74 Å². The van der Waals surface area contributed by atoms with Crippen LogP contribution in [-0.4, -0.2) is 40.9 Å². The third kappa shape index (κ3) is 3.12. The molecule has 2 heterocycles. The van der Waals surface area contributed by atoms with E-state index in [0.29, 0.717) is 25.4 Å². The number of H-pyrrole nitrogens is 1. The molecule has 0 saturated carbocycles. The van der Waals surface area contributed by atoms with Gasteiger partial charge in [0.05, 0.1) is 24.9 Å². The van der Waals surface area contributed by atoms with Crippen molar-refractivity contribution in [2.75, 3.05) is 25.1 Å². The van der Waals surface area contributed by atoms with Crippen molar-refractivity contribution in [2.24, 2.45) is 0 Å². The molecule has 2 N–H and O–H groups in total. The van der Waals surface area contributed by atoms with Gasteiger partial charge in [0.25, 0.3) is 0 Å². The van der Waals surface area contributed by atoms with Gasteiger partial charge in [-0.15, -0.1) is 6.42 Å². The molecule has 1 aliphatic rings. The lowest BCUT2D eigenvalue weighted by molar-refractivity contribution is 0.0143. The number of morpholine rings is 1. The molecule has 3 rings (SSSR count). The summed E-state index contributed by atoms with van der Waals surface area (Å²) in [6.45, 7) is 5.38. The molecule has 6 heteroatoms. The Labute approximate surface area is 141 Å². The summed E-state index contributed by atoms with van der Waals surface area (Å²) in [7, 11) is 0. The minimum atomic E-state index is -0.169. The molecule has 2 aromatic rings. The first-order valence-corrected chi connectivity index (χ1v) is 7.83. The molecule has 1 saturated heterocycles. The quantitative estimate of drug-likeness (QED) is 0.834. The summed E-state index contributed by atoms with van der Waals surface area (Å²) in [6.07, 6.45) is 5.41. The van der Waals surface area contributed by atoms with Crippen molar-refractivity contribution in [3.05, 3.63) is 46.8 Å². The highest BCUT2D eigenvalue weighted by Crippen LogP contribution is 2.29. The molecule has 0 unspecified atom stereocenters. The molecule has 0 spiro atoms. The van der Waals surface area contributed by atoms with Gasteiger partial charge < -0.3 is 15.0 Å². The summed E-state index contributed by atoms with van der Waals surface area (Å²) >= 11 is 0. The van der Waals surface area contributed by atoms with E-state index < -0.39 is 0 Å². The minimum absolute atomic E-state index is 0.159. The van der Waals surface area contributed by atoms with Crippen molar-refractivity contribution in [1.82, 2.24) is 15.1 Å². The highest BCUT2D eigenvalue weighted by Gasteiger charge is 2.31. The number of aromatic nitrogens is 2. The van der Waals surface area contributed by atoms with E-state index in [9.17, 15) is 4.79 Å². The van der Waals surface area contributed by atoms with Crippen LogP contribution in [0.2, 0.25) is 0 Å². The number of aromatic amines is 1. The van der Waals surface area contributed by atoms with Gasteiger partial charge in [-0.25, -0.2) is 4.79 Å². The van der Waals surface area contributed by atoms with Gasteiger partial charge in [-0.3, -0.25) is 5.10 Å². The van der Waals surface area contributed by atoms with E-state index in [2.05, 4.69) is 21.4 Å². The molecule has 124 valence electrons. The molecule has 0 bridgehead atoms. The van der Waals surface area contributed by atoms with Crippen LogP contribution in [0.25, 0.3) is 0 Å². The Morgan fingerprint density at radius 1 is 1.50 bits per heavy atom. The van der Waals surface area contributed by atoms with E-state index in [1.165, 1.54) is 0 Å². The largest absolute Gasteiger partial charge is 0.377 e. The lowest BCUT2D eigenvalue weighted by atomic mass is 10.0. The number of rotatable bonds is 2. The van der Waals surface area contributed by atoms with Gasteiger partial charge in [0, 0.05) is 29.1 Å². The van der Waals surface area contributed by atoms with Gasteiger partial charge in [-0.05, 0) is 32.0 Å². The maximum atomic E-state index is 12.8. The second-order valence-electron chi connectivity index (χ2n) is 5.79. The molecule has 24 heavy (non-hydrogen) atoms. The van der Waals surface area contributed by atoms with Crippen LogP contribution >= 0.6 is 0 Å².